The van der Waals surface area contributed by atoms with Crippen LogP contribution in [-0.4, -0.2) is 0 Å². The highest BCUT2D eigenvalue weighted by Gasteiger charge is 2.06. The standard InChI is InChI=1S/C14H16O/c1-5-15-12(4)14(11(2)3)13-9-7-6-8-10-13/h5-10H,1-2H2,3-4H3/b14-12+. The molecule has 0 heterocycles. The highest BCUT2D eigenvalue weighted by Crippen LogP contribution is 2.25. The zero-order chi connectivity index (χ0) is 11.3. The molecular formula is C14H16O. The van der Waals surface area contributed by atoms with Crippen LogP contribution in [0.5, 0.6) is 0 Å². The van der Waals surface area contributed by atoms with Crippen LogP contribution in [0.1, 0.15) is 19.4 Å². The molecule has 0 aliphatic heterocycles. The van der Waals surface area contributed by atoms with Gasteiger partial charge in [0.25, 0.3) is 0 Å². The summed E-state index contributed by atoms with van der Waals surface area (Å²) in [4.78, 5) is 0. The molecule has 1 rings (SSSR count). The Balaban J connectivity index is 3.20. The van der Waals surface area contributed by atoms with Crippen molar-refractivity contribution in [3.8, 4) is 0 Å². The molecule has 0 radical (unpaired) electrons. The minimum absolute atomic E-state index is 0.823. The van der Waals surface area contributed by atoms with Crippen molar-refractivity contribution in [2.45, 2.75) is 13.8 Å². The normalized spacial score (nSPS) is 11.6. The maximum Gasteiger partial charge on any atom is 0.108 e. The van der Waals surface area contributed by atoms with E-state index >= 15 is 0 Å². The van der Waals surface area contributed by atoms with E-state index in [-0.39, 0.29) is 0 Å². The van der Waals surface area contributed by atoms with Gasteiger partial charge in [-0.25, -0.2) is 0 Å². The summed E-state index contributed by atoms with van der Waals surface area (Å²) < 4.78 is 5.30. The molecule has 15 heavy (non-hydrogen) atoms. The number of hydrogen-bond donors (Lipinski definition) is 0. The van der Waals surface area contributed by atoms with Crippen molar-refractivity contribution in [1.82, 2.24) is 0 Å². The molecule has 0 spiro atoms. The number of benzene rings is 1. The van der Waals surface area contributed by atoms with Crippen molar-refractivity contribution in [1.29, 1.82) is 0 Å². The summed E-state index contributed by atoms with van der Waals surface area (Å²) in [5.41, 5.74) is 3.14. The summed E-state index contributed by atoms with van der Waals surface area (Å²) >= 11 is 0. The predicted molar refractivity (Wildman–Crippen MR) is 65.1 cm³/mol. The predicted octanol–water partition coefficient (Wildman–Crippen LogP) is 4.15. The van der Waals surface area contributed by atoms with Crippen molar-refractivity contribution in [3.05, 3.63) is 66.6 Å². The van der Waals surface area contributed by atoms with E-state index in [0.29, 0.717) is 0 Å². The van der Waals surface area contributed by atoms with Gasteiger partial charge in [0.05, 0.1) is 6.26 Å². The van der Waals surface area contributed by atoms with Crippen molar-refractivity contribution < 1.29 is 4.74 Å². The lowest BCUT2D eigenvalue weighted by Gasteiger charge is -2.11. The maximum absolute atomic E-state index is 5.30. The van der Waals surface area contributed by atoms with Crippen LogP contribution in [0, 0.1) is 0 Å². The summed E-state index contributed by atoms with van der Waals surface area (Å²) in [5.74, 6) is 0.823. The van der Waals surface area contributed by atoms with Gasteiger partial charge < -0.3 is 4.74 Å². The van der Waals surface area contributed by atoms with E-state index in [2.05, 4.69) is 13.2 Å². The SMILES string of the molecule is C=CO/C(C)=C(\C(=C)C)c1ccccc1. The van der Waals surface area contributed by atoms with Gasteiger partial charge in [-0.05, 0) is 25.0 Å². The van der Waals surface area contributed by atoms with Crippen molar-refractivity contribution in [2.24, 2.45) is 0 Å². The summed E-state index contributed by atoms with van der Waals surface area (Å²) in [6.45, 7) is 11.4. The number of hydrogen-bond acceptors (Lipinski definition) is 1. The molecule has 0 aliphatic rings. The van der Waals surface area contributed by atoms with Gasteiger partial charge in [0.15, 0.2) is 0 Å². The van der Waals surface area contributed by atoms with Crippen LogP contribution >= 0.6 is 0 Å². The molecule has 1 nitrogen and oxygen atoms in total. The van der Waals surface area contributed by atoms with Gasteiger partial charge in [0.2, 0.25) is 0 Å². The highest BCUT2D eigenvalue weighted by molar-refractivity contribution is 5.79. The Labute approximate surface area is 91.4 Å². The van der Waals surface area contributed by atoms with Crippen LogP contribution in [0.25, 0.3) is 5.57 Å². The van der Waals surface area contributed by atoms with Crippen molar-refractivity contribution in [3.63, 3.8) is 0 Å². The average molecular weight is 200 g/mol. The molecule has 0 aliphatic carbocycles. The first-order valence-electron chi connectivity index (χ1n) is 4.86. The first kappa shape index (κ1) is 11.3. The van der Waals surface area contributed by atoms with Gasteiger partial charge in [-0.2, -0.15) is 0 Å². The molecule has 1 aromatic carbocycles. The van der Waals surface area contributed by atoms with E-state index in [9.17, 15) is 0 Å². The first-order chi connectivity index (χ1) is 7.16. The molecular weight excluding hydrogens is 184 g/mol. The molecule has 0 aromatic heterocycles. The highest BCUT2D eigenvalue weighted by atomic mass is 16.5. The van der Waals surface area contributed by atoms with Crippen LogP contribution < -0.4 is 0 Å². The van der Waals surface area contributed by atoms with Gasteiger partial charge in [-0.15, -0.1) is 0 Å². The van der Waals surface area contributed by atoms with Crippen LogP contribution in [0.3, 0.4) is 0 Å². The minimum atomic E-state index is 0.823. The molecule has 0 saturated carbocycles. The lowest BCUT2D eigenvalue weighted by molar-refractivity contribution is 0.357. The maximum atomic E-state index is 5.30. The van der Waals surface area contributed by atoms with E-state index in [1.165, 1.54) is 6.26 Å². The van der Waals surface area contributed by atoms with Crippen LogP contribution in [0.2, 0.25) is 0 Å². The second-order valence-electron chi connectivity index (χ2n) is 3.36. The molecule has 1 aromatic rings. The lowest BCUT2D eigenvalue weighted by atomic mass is 9.99. The topological polar surface area (TPSA) is 9.23 Å². The zero-order valence-corrected chi connectivity index (χ0v) is 9.29. The smallest absolute Gasteiger partial charge is 0.108 e. The Bertz CT molecular complexity index is 385. The van der Waals surface area contributed by atoms with E-state index in [4.69, 9.17) is 4.74 Å². The lowest BCUT2D eigenvalue weighted by Crippen LogP contribution is -1.91. The van der Waals surface area contributed by atoms with Crippen LogP contribution in [0.4, 0.5) is 0 Å². The van der Waals surface area contributed by atoms with Gasteiger partial charge in [0, 0.05) is 5.57 Å². The molecule has 0 N–H and O–H groups in total. The van der Waals surface area contributed by atoms with E-state index in [1.54, 1.807) is 0 Å². The van der Waals surface area contributed by atoms with Gasteiger partial charge in [-0.1, -0.05) is 43.5 Å². The molecule has 0 bridgehead atoms. The Morgan fingerprint density at radius 2 is 1.80 bits per heavy atom. The van der Waals surface area contributed by atoms with Crippen molar-refractivity contribution >= 4 is 5.57 Å². The number of allylic oxidation sites excluding steroid dienone is 3. The van der Waals surface area contributed by atoms with Gasteiger partial charge >= 0.3 is 0 Å². The van der Waals surface area contributed by atoms with Gasteiger partial charge in [0.1, 0.15) is 5.76 Å². The van der Waals surface area contributed by atoms with Crippen LogP contribution in [-0.2, 0) is 4.74 Å². The third-order valence-electron chi connectivity index (χ3n) is 2.10. The van der Waals surface area contributed by atoms with E-state index in [0.717, 1.165) is 22.5 Å². The monoisotopic (exact) mass is 200 g/mol. The molecule has 1 heteroatoms. The van der Waals surface area contributed by atoms with Gasteiger partial charge in [-0.3, -0.25) is 0 Å². The largest absolute Gasteiger partial charge is 0.470 e. The fourth-order valence-electron chi connectivity index (χ4n) is 1.54. The number of ether oxygens (including phenoxy) is 1. The third-order valence-corrected chi connectivity index (χ3v) is 2.10. The van der Waals surface area contributed by atoms with Crippen LogP contribution in [0.15, 0.2) is 61.1 Å². The summed E-state index contributed by atoms with van der Waals surface area (Å²) in [6, 6.07) is 10.1. The average Bonchev–Trinajstić information content (AvgIpc) is 2.19. The second-order valence-corrected chi connectivity index (χ2v) is 3.36. The Hall–Kier alpha value is -1.76. The minimum Gasteiger partial charge on any atom is -0.470 e. The fourth-order valence-corrected chi connectivity index (χ4v) is 1.54. The Morgan fingerprint density at radius 3 is 2.27 bits per heavy atom. The summed E-state index contributed by atoms with van der Waals surface area (Å²) in [6.07, 6.45) is 1.43. The van der Waals surface area contributed by atoms with E-state index < -0.39 is 0 Å². The zero-order valence-electron chi connectivity index (χ0n) is 9.29. The Morgan fingerprint density at radius 1 is 1.20 bits per heavy atom. The molecule has 78 valence electrons. The molecule has 0 amide bonds. The molecule has 0 saturated heterocycles. The summed E-state index contributed by atoms with van der Waals surface area (Å²) in [5, 5.41) is 0. The number of rotatable bonds is 4. The first-order valence-corrected chi connectivity index (χ1v) is 4.86. The third kappa shape index (κ3) is 2.84. The molecule has 0 fully saturated rings. The Kier molecular flexibility index (Phi) is 3.92. The second kappa shape index (κ2) is 5.20. The fraction of sp³-hybridized carbons (Fsp3) is 0.143. The molecule has 0 unspecified atom stereocenters. The summed E-state index contributed by atoms with van der Waals surface area (Å²) in [7, 11) is 0. The van der Waals surface area contributed by atoms with E-state index in [1.807, 2.05) is 44.2 Å². The van der Waals surface area contributed by atoms with Crippen molar-refractivity contribution in [2.75, 3.05) is 0 Å². The quantitative estimate of drug-likeness (QED) is 0.524. The molecule has 0 atom stereocenters.